The first-order valence-corrected chi connectivity index (χ1v) is 7.23. The van der Waals surface area contributed by atoms with E-state index in [-0.39, 0.29) is 12.4 Å². The van der Waals surface area contributed by atoms with Gasteiger partial charge in [0, 0.05) is 28.7 Å². The maximum Gasteiger partial charge on any atom is 0.174 e. The van der Waals surface area contributed by atoms with Crippen LogP contribution < -0.4 is 4.74 Å². The molecule has 110 valence electrons. The van der Waals surface area contributed by atoms with Crippen LogP contribution >= 0.6 is 0 Å². The number of ketones is 1. The molecular formula is C17H20N2O2. The average molecular weight is 284 g/mol. The van der Waals surface area contributed by atoms with Crippen LogP contribution in [0.2, 0.25) is 0 Å². The molecule has 0 atom stereocenters. The van der Waals surface area contributed by atoms with E-state index >= 15 is 0 Å². The van der Waals surface area contributed by atoms with Gasteiger partial charge in [-0.3, -0.25) is 4.79 Å². The molecule has 4 nitrogen and oxygen atoms in total. The lowest BCUT2D eigenvalue weighted by molar-refractivity contribution is 0.101. The summed E-state index contributed by atoms with van der Waals surface area (Å²) in [6.45, 7) is 6.65. The first-order valence-electron chi connectivity index (χ1n) is 7.23. The summed E-state index contributed by atoms with van der Waals surface area (Å²) in [4.78, 5) is 12.0. The van der Waals surface area contributed by atoms with Crippen LogP contribution in [0, 0.1) is 18.3 Å². The number of nitrogens with zero attached hydrogens (tertiary/aromatic N) is 2. The van der Waals surface area contributed by atoms with Crippen LogP contribution in [-0.4, -0.2) is 17.0 Å². The lowest BCUT2D eigenvalue weighted by Gasteiger charge is -2.07. The zero-order chi connectivity index (χ0) is 15.4. The minimum absolute atomic E-state index is 0.0104. The molecule has 1 aromatic carbocycles. The predicted octanol–water partition coefficient (Wildman–Crippen LogP) is 3.85. The van der Waals surface area contributed by atoms with Gasteiger partial charge < -0.3 is 9.30 Å². The van der Waals surface area contributed by atoms with E-state index in [2.05, 4.69) is 11.5 Å². The molecule has 0 spiro atoms. The number of carbonyl (C=O) groups excluding carboxylic acids is 1. The van der Waals surface area contributed by atoms with Crippen molar-refractivity contribution in [3.8, 4) is 11.8 Å². The second kappa shape index (κ2) is 6.45. The Labute approximate surface area is 124 Å². The summed E-state index contributed by atoms with van der Waals surface area (Å²) < 4.78 is 7.54. The van der Waals surface area contributed by atoms with Crippen LogP contribution in [-0.2, 0) is 6.54 Å². The number of fused-ring (bicyclic) bond motifs is 1. The highest BCUT2D eigenvalue weighted by molar-refractivity contribution is 6.08. The molecule has 0 radical (unpaired) electrons. The molecule has 0 saturated carbocycles. The van der Waals surface area contributed by atoms with Crippen molar-refractivity contribution < 1.29 is 9.53 Å². The van der Waals surface area contributed by atoms with Gasteiger partial charge in [0.15, 0.2) is 12.4 Å². The van der Waals surface area contributed by atoms with Gasteiger partial charge in [0.05, 0.1) is 0 Å². The SMILES string of the molecule is CCCCn1c(C)c(C(C)=O)c2cc(OCC#N)ccc21. The number of unbranched alkanes of at least 4 members (excludes halogenated alkanes) is 1. The Morgan fingerprint density at radius 1 is 1.43 bits per heavy atom. The number of Topliss-reactive ketones (excluding diaryl/α,β-unsaturated/α-hetero) is 1. The number of benzene rings is 1. The van der Waals surface area contributed by atoms with E-state index < -0.39 is 0 Å². The maximum atomic E-state index is 12.0. The Balaban J connectivity index is 2.58. The summed E-state index contributed by atoms with van der Waals surface area (Å²) in [5, 5.41) is 9.50. The van der Waals surface area contributed by atoms with Gasteiger partial charge in [-0.05, 0) is 38.5 Å². The quantitative estimate of drug-likeness (QED) is 0.757. The number of aromatic nitrogens is 1. The lowest BCUT2D eigenvalue weighted by Crippen LogP contribution is -2.02. The lowest BCUT2D eigenvalue weighted by atomic mass is 10.1. The van der Waals surface area contributed by atoms with Crippen molar-refractivity contribution >= 4 is 16.7 Å². The highest BCUT2D eigenvalue weighted by Gasteiger charge is 2.17. The van der Waals surface area contributed by atoms with Crippen LogP contribution in [0.5, 0.6) is 5.75 Å². The number of hydrogen-bond acceptors (Lipinski definition) is 3. The molecule has 0 N–H and O–H groups in total. The smallest absolute Gasteiger partial charge is 0.174 e. The van der Waals surface area contributed by atoms with Crippen molar-refractivity contribution in [2.75, 3.05) is 6.61 Å². The molecule has 21 heavy (non-hydrogen) atoms. The minimum atomic E-state index is 0.0104. The van der Waals surface area contributed by atoms with Crippen LogP contribution in [0.15, 0.2) is 18.2 Å². The third-order valence-electron chi connectivity index (χ3n) is 3.69. The Hall–Kier alpha value is -2.28. The summed E-state index contributed by atoms with van der Waals surface area (Å²) >= 11 is 0. The maximum absolute atomic E-state index is 12.0. The monoisotopic (exact) mass is 284 g/mol. The molecule has 4 heteroatoms. The summed E-state index contributed by atoms with van der Waals surface area (Å²) in [5.41, 5.74) is 2.81. The van der Waals surface area contributed by atoms with Crippen LogP contribution in [0.1, 0.15) is 42.7 Å². The van der Waals surface area contributed by atoms with Gasteiger partial charge in [0.1, 0.15) is 11.8 Å². The number of ether oxygens (including phenoxy) is 1. The topological polar surface area (TPSA) is 55.0 Å². The Bertz CT molecular complexity index is 708. The van der Waals surface area contributed by atoms with Crippen molar-refractivity contribution in [2.45, 2.75) is 40.2 Å². The van der Waals surface area contributed by atoms with Crippen LogP contribution in [0.25, 0.3) is 10.9 Å². The number of rotatable bonds is 6. The number of nitriles is 1. The molecule has 0 amide bonds. The zero-order valence-corrected chi connectivity index (χ0v) is 12.8. The molecular weight excluding hydrogens is 264 g/mol. The first kappa shape index (κ1) is 15.1. The van der Waals surface area contributed by atoms with Crippen molar-refractivity contribution in [2.24, 2.45) is 0 Å². The van der Waals surface area contributed by atoms with Crippen molar-refractivity contribution in [3.05, 3.63) is 29.5 Å². The predicted molar refractivity (Wildman–Crippen MR) is 82.7 cm³/mol. The Kier molecular flexibility index (Phi) is 4.64. The third-order valence-corrected chi connectivity index (χ3v) is 3.69. The molecule has 1 heterocycles. The molecule has 0 fully saturated rings. The fourth-order valence-electron chi connectivity index (χ4n) is 2.72. The van der Waals surface area contributed by atoms with Crippen molar-refractivity contribution in [1.82, 2.24) is 4.57 Å². The van der Waals surface area contributed by atoms with E-state index in [4.69, 9.17) is 10.00 Å². The highest BCUT2D eigenvalue weighted by atomic mass is 16.5. The Morgan fingerprint density at radius 3 is 2.81 bits per heavy atom. The number of hydrogen-bond donors (Lipinski definition) is 0. The second-order valence-corrected chi connectivity index (χ2v) is 5.15. The van der Waals surface area contributed by atoms with Crippen molar-refractivity contribution in [1.29, 1.82) is 5.26 Å². The van der Waals surface area contributed by atoms with E-state index in [1.54, 1.807) is 6.92 Å². The van der Waals surface area contributed by atoms with Gasteiger partial charge in [-0.25, -0.2) is 0 Å². The van der Waals surface area contributed by atoms with E-state index in [1.165, 1.54) is 0 Å². The number of aryl methyl sites for hydroxylation is 1. The highest BCUT2D eigenvalue weighted by Crippen LogP contribution is 2.30. The standard InChI is InChI=1S/C17H20N2O2/c1-4-5-9-19-12(2)17(13(3)20)15-11-14(21-10-8-18)6-7-16(15)19/h6-7,11H,4-5,9-10H2,1-3H3. The van der Waals surface area contributed by atoms with E-state index in [0.29, 0.717) is 5.75 Å². The molecule has 0 aliphatic rings. The van der Waals surface area contributed by atoms with Crippen LogP contribution in [0.4, 0.5) is 0 Å². The third kappa shape index (κ3) is 2.92. The van der Waals surface area contributed by atoms with Crippen molar-refractivity contribution in [3.63, 3.8) is 0 Å². The van der Waals surface area contributed by atoms with Gasteiger partial charge in [-0.15, -0.1) is 0 Å². The first-order chi connectivity index (χ1) is 10.1. The molecule has 2 aromatic rings. The van der Waals surface area contributed by atoms with Gasteiger partial charge in [-0.2, -0.15) is 5.26 Å². The van der Waals surface area contributed by atoms with Crippen LogP contribution in [0.3, 0.4) is 0 Å². The molecule has 0 bridgehead atoms. The van der Waals surface area contributed by atoms with E-state index in [1.807, 2.05) is 31.2 Å². The molecule has 0 saturated heterocycles. The van der Waals surface area contributed by atoms with Gasteiger partial charge in [0.2, 0.25) is 0 Å². The van der Waals surface area contributed by atoms with Gasteiger partial charge in [0.25, 0.3) is 0 Å². The molecule has 1 aromatic heterocycles. The molecule has 0 unspecified atom stereocenters. The van der Waals surface area contributed by atoms with Gasteiger partial charge >= 0.3 is 0 Å². The fourth-order valence-corrected chi connectivity index (χ4v) is 2.72. The second-order valence-electron chi connectivity index (χ2n) is 5.15. The normalized spacial score (nSPS) is 10.6. The number of carbonyl (C=O) groups is 1. The molecule has 2 rings (SSSR count). The molecule has 0 aliphatic carbocycles. The summed E-state index contributed by atoms with van der Waals surface area (Å²) in [5.74, 6) is 0.685. The minimum Gasteiger partial charge on any atom is -0.479 e. The van der Waals surface area contributed by atoms with E-state index in [9.17, 15) is 4.79 Å². The largest absolute Gasteiger partial charge is 0.479 e. The summed E-state index contributed by atoms with van der Waals surface area (Å²) in [6, 6.07) is 7.63. The Morgan fingerprint density at radius 2 is 2.19 bits per heavy atom. The summed E-state index contributed by atoms with van der Waals surface area (Å²) in [6.07, 6.45) is 2.19. The zero-order valence-electron chi connectivity index (χ0n) is 12.8. The average Bonchev–Trinajstić information content (AvgIpc) is 2.74. The van der Waals surface area contributed by atoms with Gasteiger partial charge in [-0.1, -0.05) is 13.3 Å². The summed E-state index contributed by atoms with van der Waals surface area (Å²) in [7, 11) is 0. The fraction of sp³-hybridized carbons (Fsp3) is 0.412. The van der Waals surface area contributed by atoms with E-state index in [0.717, 1.165) is 41.5 Å². The molecule has 0 aliphatic heterocycles.